The molecule has 0 amide bonds. The van der Waals surface area contributed by atoms with Gasteiger partial charge >= 0.3 is 5.97 Å². The maximum Gasteiger partial charge on any atom is 0.330 e. The van der Waals surface area contributed by atoms with Gasteiger partial charge in [-0.15, -0.1) is 0 Å². The van der Waals surface area contributed by atoms with Gasteiger partial charge in [-0.05, 0) is 55.6 Å². The number of esters is 1. The zero-order valence-corrected chi connectivity index (χ0v) is 15.3. The van der Waals surface area contributed by atoms with Crippen LogP contribution in [0, 0.1) is 5.92 Å². The highest BCUT2D eigenvalue weighted by Crippen LogP contribution is 2.26. The van der Waals surface area contributed by atoms with E-state index in [1.165, 1.54) is 19.3 Å². The largest absolute Gasteiger partial charge is 0.504 e. The Kier molecular flexibility index (Phi) is 8.49. The summed E-state index contributed by atoms with van der Waals surface area (Å²) in [6.07, 6.45) is 4.76. The molecule has 1 aliphatic rings. The van der Waals surface area contributed by atoms with E-state index in [2.05, 4.69) is 9.74 Å². The Hall–Kier alpha value is -2.17. The van der Waals surface area contributed by atoms with Crippen LogP contribution >= 0.6 is 0 Å². The number of likely N-dealkylation sites (tertiary alicyclic amines) is 1. The number of hydrogen-bond acceptors (Lipinski definition) is 9. The molecule has 0 unspecified atom stereocenters. The molecule has 3 N–H and O–H groups in total. The Morgan fingerprint density at radius 1 is 1.33 bits per heavy atom. The number of piperidine rings is 1. The molecule has 0 aliphatic carbocycles. The Bertz CT molecular complexity index is 628. The SMILES string of the molecule is COc1cc(/C=C/C(=O)OCC2CCN(CCON(O)O)CC2)ccc1O. The Morgan fingerprint density at radius 3 is 2.74 bits per heavy atom. The van der Waals surface area contributed by atoms with Gasteiger partial charge in [-0.25, -0.2) is 9.63 Å². The zero-order valence-electron chi connectivity index (χ0n) is 15.3. The molecule has 1 aromatic carbocycles. The summed E-state index contributed by atoms with van der Waals surface area (Å²) in [7, 11) is 1.46. The molecule has 9 heteroatoms. The predicted molar refractivity (Wildman–Crippen MR) is 95.2 cm³/mol. The number of aromatic hydroxyl groups is 1. The van der Waals surface area contributed by atoms with E-state index < -0.39 is 5.97 Å². The van der Waals surface area contributed by atoms with Crippen LogP contribution in [-0.4, -0.2) is 71.7 Å². The van der Waals surface area contributed by atoms with Gasteiger partial charge in [-0.2, -0.15) is 0 Å². The number of rotatable bonds is 9. The Balaban J connectivity index is 1.67. The van der Waals surface area contributed by atoms with E-state index in [0.29, 0.717) is 24.8 Å². The molecule has 0 atom stereocenters. The van der Waals surface area contributed by atoms with Crippen LogP contribution in [-0.2, 0) is 14.4 Å². The number of methoxy groups -OCH3 is 1. The zero-order chi connectivity index (χ0) is 19.6. The molecule has 0 radical (unpaired) electrons. The number of hydrogen-bond donors (Lipinski definition) is 3. The number of benzene rings is 1. The highest BCUT2D eigenvalue weighted by Gasteiger charge is 2.20. The molecule has 1 saturated heterocycles. The van der Waals surface area contributed by atoms with Crippen molar-refractivity contribution >= 4 is 12.0 Å². The van der Waals surface area contributed by atoms with Crippen LogP contribution in [0.15, 0.2) is 24.3 Å². The summed E-state index contributed by atoms with van der Waals surface area (Å²) < 4.78 is 10.3. The smallest absolute Gasteiger partial charge is 0.330 e. The predicted octanol–water partition coefficient (Wildman–Crippen LogP) is 1.68. The van der Waals surface area contributed by atoms with Crippen molar-refractivity contribution in [2.45, 2.75) is 12.8 Å². The third-order valence-corrected chi connectivity index (χ3v) is 4.40. The quantitative estimate of drug-likeness (QED) is 0.334. The molecule has 0 saturated carbocycles. The molecule has 0 bridgehead atoms. The van der Waals surface area contributed by atoms with Gasteiger partial charge in [0.2, 0.25) is 0 Å². The second-order valence-corrected chi connectivity index (χ2v) is 6.27. The molecule has 0 aromatic heterocycles. The molecule has 0 spiro atoms. The van der Waals surface area contributed by atoms with Crippen LogP contribution < -0.4 is 4.74 Å². The standard InChI is InChI=1S/C18H26N2O7/c1-25-17-12-14(2-4-16(17)21)3-5-18(22)26-13-15-6-8-19(9-7-15)10-11-27-20(23)24/h2-5,12,15,21,23-24H,6-11,13H2,1H3/b5-3+. The summed E-state index contributed by atoms with van der Waals surface area (Å²) in [6.45, 7) is 2.84. The lowest BCUT2D eigenvalue weighted by molar-refractivity contribution is -0.492. The molecule has 150 valence electrons. The first kappa shape index (κ1) is 21.1. The molecule has 27 heavy (non-hydrogen) atoms. The Labute approximate surface area is 157 Å². The Morgan fingerprint density at radius 2 is 2.07 bits per heavy atom. The number of ether oxygens (including phenoxy) is 2. The minimum Gasteiger partial charge on any atom is -0.504 e. The van der Waals surface area contributed by atoms with Crippen molar-refractivity contribution in [1.29, 1.82) is 0 Å². The van der Waals surface area contributed by atoms with Gasteiger partial charge in [0.25, 0.3) is 0 Å². The second kappa shape index (κ2) is 10.9. The lowest BCUT2D eigenvalue weighted by atomic mass is 9.98. The van der Waals surface area contributed by atoms with Crippen molar-refractivity contribution in [3.05, 3.63) is 29.8 Å². The van der Waals surface area contributed by atoms with Crippen molar-refractivity contribution in [2.75, 3.05) is 40.0 Å². The van der Waals surface area contributed by atoms with E-state index >= 15 is 0 Å². The van der Waals surface area contributed by atoms with Gasteiger partial charge in [0, 0.05) is 12.6 Å². The van der Waals surface area contributed by atoms with Crippen LogP contribution in [0.3, 0.4) is 0 Å². The summed E-state index contributed by atoms with van der Waals surface area (Å²) in [5, 5.41) is 26.2. The number of carbonyl (C=O) groups is 1. The van der Waals surface area contributed by atoms with Crippen molar-refractivity contribution in [3.8, 4) is 11.5 Å². The van der Waals surface area contributed by atoms with Crippen molar-refractivity contribution in [1.82, 2.24) is 10.3 Å². The van der Waals surface area contributed by atoms with E-state index in [9.17, 15) is 9.90 Å². The maximum absolute atomic E-state index is 11.9. The number of phenolic OH excluding ortho intramolecular Hbond substituents is 1. The number of carbonyl (C=O) groups excluding carboxylic acids is 1. The molecule has 1 heterocycles. The van der Waals surface area contributed by atoms with Gasteiger partial charge in [0.1, 0.15) is 0 Å². The van der Waals surface area contributed by atoms with Crippen LogP contribution in [0.1, 0.15) is 18.4 Å². The van der Waals surface area contributed by atoms with Crippen LogP contribution in [0.25, 0.3) is 6.08 Å². The third-order valence-electron chi connectivity index (χ3n) is 4.40. The topological polar surface area (TPSA) is 112 Å². The summed E-state index contributed by atoms with van der Waals surface area (Å²) in [6, 6.07) is 4.81. The van der Waals surface area contributed by atoms with Gasteiger partial charge in [0.05, 0.1) is 25.7 Å². The molecule has 1 fully saturated rings. The summed E-state index contributed by atoms with van der Waals surface area (Å²) in [4.78, 5) is 18.6. The van der Waals surface area contributed by atoms with Crippen LogP contribution in [0.4, 0.5) is 0 Å². The van der Waals surface area contributed by atoms with E-state index in [-0.39, 0.29) is 17.7 Å². The van der Waals surface area contributed by atoms with E-state index in [1.54, 1.807) is 18.2 Å². The van der Waals surface area contributed by atoms with Gasteiger partial charge in [-0.3, -0.25) is 10.4 Å². The summed E-state index contributed by atoms with van der Waals surface area (Å²) in [5.41, 5.74) is 0.724. The number of phenols is 1. The molecule has 2 rings (SSSR count). The lowest BCUT2D eigenvalue weighted by Gasteiger charge is -2.31. The average molecular weight is 382 g/mol. The monoisotopic (exact) mass is 382 g/mol. The average Bonchev–Trinajstić information content (AvgIpc) is 2.66. The van der Waals surface area contributed by atoms with Crippen LogP contribution in [0.2, 0.25) is 0 Å². The van der Waals surface area contributed by atoms with Crippen molar-refractivity contribution in [3.63, 3.8) is 0 Å². The van der Waals surface area contributed by atoms with Gasteiger partial charge in [0.15, 0.2) is 11.5 Å². The number of nitrogens with zero attached hydrogens (tertiary/aromatic N) is 2. The highest BCUT2D eigenvalue weighted by molar-refractivity contribution is 5.87. The van der Waals surface area contributed by atoms with Crippen molar-refractivity contribution < 1.29 is 34.6 Å². The lowest BCUT2D eigenvalue weighted by Crippen LogP contribution is -2.38. The van der Waals surface area contributed by atoms with E-state index in [1.807, 2.05) is 0 Å². The molecule has 1 aromatic rings. The first-order valence-corrected chi connectivity index (χ1v) is 8.73. The van der Waals surface area contributed by atoms with Gasteiger partial charge in [-0.1, -0.05) is 6.07 Å². The van der Waals surface area contributed by atoms with E-state index in [0.717, 1.165) is 31.5 Å². The summed E-state index contributed by atoms with van der Waals surface area (Å²) in [5.74, 6) is 0.276. The fourth-order valence-corrected chi connectivity index (χ4v) is 2.84. The van der Waals surface area contributed by atoms with Crippen LogP contribution in [0.5, 0.6) is 11.5 Å². The second-order valence-electron chi connectivity index (χ2n) is 6.27. The molecular weight excluding hydrogens is 356 g/mol. The molecule has 9 nitrogen and oxygen atoms in total. The highest BCUT2D eigenvalue weighted by atomic mass is 17.1. The normalized spacial score (nSPS) is 16.1. The minimum absolute atomic E-state index is 0.0418. The molecular formula is C18H26N2O7. The van der Waals surface area contributed by atoms with E-state index in [4.69, 9.17) is 19.9 Å². The fraction of sp³-hybridized carbons (Fsp3) is 0.500. The maximum atomic E-state index is 11.9. The first-order chi connectivity index (χ1) is 13.0. The van der Waals surface area contributed by atoms with Crippen molar-refractivity contribution in [2.24, 2.45) is 5.92 Å². The third kappa shape index (κ3) is 7.53. The fourth-order valence-electron chi connectivity index (χ4n) is 2.84. The summed E-state index contributed by atoms with van der Waals surface area (Å²) >= 11 is 0. The first-order valence-electron chi connectivity index (χ1n) is 8.73. The van der Waals surface area contributed by atoms with Gasteiger partial charge < -0.3 is 19.5 Å². The minimum atomic E-state index is -0.413. The molecule has 1 aliphatic heterocycles.